The smallest absolute Gasteiger partial charge is 0.245 e. The Bertz CT molecular complexity index is 783. The fourth-order valence-corrected chi connectivity index (χ4v) is 3.30. The van der Waals surface area contributed by atoms with Gasteiger partial charge in [0, 0.05) is 42.5 Å². The average molecular weight is 357 g/mol. The van der Waals surface area contributed by atoms with E-state index in [0.717, 1.165) is 16.5 Å². The van der Waals surface area contributed by atoms with Crippen LogP contribution in [-0.2, 0) is 20.7 Å². The zero-order valence-electron chi connectivity index (χ0n) is 15.6. The van der Waals surface area contributed by atoms with Gasteiger partial charge in [-0.15, -0.1) is 0 Å². The predicted octanol–water partition coefficient (Wildman–Crippen LogP) is 2.10. The highest BCUT2D eigenvalue weighted by Gasteiger charge is 2.30. The number of hydrogen-bond acceptors (Lipinski definition) is 3. The highest BCUT2D eigenvalue weighted by Crippen LogP contribution is 2.20. The molecule has 2 amide bonds. The summed E-state index contributed by atoms with van der Waals surface area (Å²) in [6.45, 7) is 7.27. The molecule has 2 atom stereocenters. The largest absolute Gasteiger partial charge is 0.375 e. The van der Waals surface area contributed by atoms with Gasteiger partial charge in [-0.1, -0.05) is 32.0 Å². The second-order valence-corrected chi connectivity index (χ2v) is 7.25. The summed E-state index contributed by atoms with van der Waals surface area (Å²) in [6.07, 6.45) is 2.41. The first-order chi connectivity index (χ1) is 12.5. The van der Waals surface area contributed by atoms with Crippen LogP contribution in [0.1, 0.15) is 26.3 Å². The van der Waals surface area contributed by atoms with Crippen molar-refractivity contribution in [1.29, 1.82) is 0 Å². The lowest BCUT2D eigenvalue weighted by atomic mass is 10.0. The van der Waals surface area contributed by atoms with Crippen LogP contribution in [0.5, 0.6) is 0 Å². The SMILES string of the molecule is CC(C)C(=O)N[C@H](Cc1c[nH]c2ccccc12)C(=O)N1CCO[C@H](C)C1. The lowest BCUT2D eigenvalue weighted by Gasteiger charge is -2.34. The first-order valence-electron chi connectivity index (χ1n) is 9.21. The van der Waals surface area contributed by atoms with Gasteiger partial charge in [0.25, 0.3) is 0 Å². The van der Waals surface area contributed by atoms with Gasteiger partial charge in [0.15, 0.2) is 0 Å². The first-order valence-corrected chi connectivity index (χ1v) is 9.21. The minimum Gasteiger partial charge on any atom is -0.375 e. The molecule has 1 aromatic heterocycles. The number of amides is 2. The second-order valence-electron chi connectivity index (χ2n) is 7.25. The molecule has 26 heavy (non-hydrogen) atoms. The van der Waals surface area contributed by atoms with Gasteiger partial charge in [0.05, 0.1) is 12.7 Å². The Kier molecular flexibility index (Phi) is 5.61. The third-order valence-electron chi connectivity index (χ3n) is 4.79. The van der Waals surface area contributed by atoms with E-state index in [4.69, 9.17) is 4.74 Å². The summed E-state index contributed by atoms with van der Waals surface area (Å²) in [5, 5.41) is 4.03. The normalized spacial score (nSPS) is 18.9. The Labute approximate surface area is 153 Å². The van der Waals surface area contributed by atoms with E-state index in [1.807, 2.05) is 51.2 Å². The van der Waals surface area contributed by atoms with Gasteiger partial charge < -0.3 is 19.9 Å². The van der Waals surface area contributed by atoms with Crippen molar-refractivity contribution in [3.05, 3.63) is 36.0 Å². The molecule has 1 fully saturated rings. The monoisotopic (exact) mass is 357 g/mol. The Hall–Kier alpha value is -2.34. The van der Waals surface area contributed by atoms with Crippen LogP contribution in [0.15, 0.2) is 30.5 Å². The molecule has 0 unspecified atom stereocenters. The number of hydrogen-bond donors (Lipinski definition) is 2. The molecule has 0 radical (unpaired) electrons. The fraction of sp³-hybridized carbons (Fsp3) is 0.500. The van der Waals surface area contributed by atoms with Crippen LogP contribution in [-0.4, -0.2) is 53.5 Å². The summed E-state index contributed by atoms with van der Waals surface area (Å²) in [6, 6.07) is 7.42. The van der Waals surface area contributed by atoms with E-state index in [1.54, 1.807) is 4.90 Å². The molecule has 6 nitrogen and oxygen atoms in total. The standard InChI is InChI=1S/C20H27N3O3/c1-13(2)19(24)22-18(20(25)23-8-9-26-14(3)12-23)10-15-11-21-17-7-5-4-6-16(15)17/h4-7,11,13-14,18,21H,8-10,12H2,1-3H3,(H,22,24)/t14-,18-/m1/s1. The van der Waals surface area contributed by atoms with Crippen LogP contribution in [0.2, 0.25) is 0 Å². The molecule has 0 saturated carbocycles. The van der Waals surface area contributed by atoms with Crippen LogP contribution in [0, 0.1) is 5.92 Å². The number of aromatic amines is 1. The van der Waals surface area contributed by atoms with Crippen LogP contribution in [0.4, 0.5) is 0 Å². The van der Waals surface area contributed by atoms with E-state index < -0.39 is 6.04 Å². The highest BCUT2D eigenvalue weighted by molar-refractivity contribution is 5.90. The summed E-state index contributed by atoms with van der Waals surface area (Å²) in [7, 11) is 0. The van der Waals surface area contributed by atoms with Crippen LogP contribution < -0.4 is 5.32 Å². The van der Waals surface area contributed by atoms with E-state index in [-0.39, 0.29) is 23.8 Å². The van der Waals surface area contributed by atoms with E-state index in [1.165, 1.54) is 0 Å². The number of ether oxygens (including phenoxy) is 1. The molecule has 140 valence electrons. The molecule has 0 aliphatic carbocycles. The lowest BCUT2D eigenvalue weighted by molar-refractivity contribution is -0.142. The zero-order chi connectivity index (χ0) is 18.7. The number of H-pyrrole nitrogens is 1. The number of carbonyl (C=O) groups excluding carboxylic acids is 2. The number of fused-ring (bicyclic) bond motifs is 1. The molecule has 0 bridgehead atoms. The fourth-order valence-electron chi connectivity index (χ4n) is 3.30. The number of rotatable bonds is 5. The Morgan fingerprint density at radius 3 is 2.85 bits per heavy atom. The topological polar surface area (TPSA) is 74.4 Å². The minimum atomic E-state index is -0.575. The Morgan fingerprint density at radius 2 is 2.12 bits per heavy atom. The van der Waals surface area contributed by atoms with Gasteiger partial charge in [-0.25, -0.2) is 0 Å². The maximum Gasteiger partial charge on any atom is 0.245 e. The number of para-hydroxylation sites is 1. The molecule has 2 aromatic rings. The summed E-state index contributed by atoms with van der Waals surface area (Å²) in [4.78, 5) is 30.4. The number of carbonyl (C=O) groups is 2. The van der Waals surface area contributed by atoms with Gasteiger partial charge in [-0.2, -0.15) is 0 Å². The maximum absolute atomic E-state index is 13.1. The van der Waals surface area contributed by atoms with E-state index >= 15 is 0 Å². The zero-order valence-corrected chi connectivity index (χ0v) is 15.6. The summed E-state index contributed by atoms with van der Waals surface area (Å²) in [5.74, 6) is -0.319. The van der Waals surface area contributed by atoms with Crippen molar-refractivity contribution in [1.82, 2.24) is 15.2 Å². The number of aromatic nitrogens is 1. The number of morpholine rings is 1. The quantitative estimate of drug-likeness (QED) is 0.861. The molecular weight excluding hydrogens is 330 g/mol. The van der Waals surface area contributed by atoms with Crippen molar-refractivity contribution in [2.75, 3.05) is 19.7 Å². The van der Waals surface area contributed by atoms with Gasteiger partial charge >= 0.3 is 0 Å². The highest BCUT2D eigenvalue weighted by atomic mass is 16.5. The van der Waals surface area contributed by atoms with Crippen molar-refractivity contribution in [3.63, 3.8) is 0 Å². The van der Waals surface area contributed by atoms with Gasteiger partial charge in [-0.3, -0.25) is 9.59 Å². The number of nitrogens with zero attached hydrogens (tertiary/aromatic N) is 1. The van der Waals surface area contributed by atoms with Gasteiger partial charge in [-0.05, 0) is 18.6 Å². The van der Waals surface area contributed by atoms with Crippen molar-refractivity contribution in [2.45, 2.75) is 39.3 Å². The van der Waals surface area contributed by atoms with Gasteiger partial charge in [0.2, 0.25) is 11.8 Å². The average Bonchev–Trinajstić information content (AvgIpc) is 3.03. The van der Waals surface area contributed by atoms with Crippen LogP contribution >= 0.6 is 0 Å². The van der Waals surface area contributed by atoms with E-state index in [2.05, 4.69) is 10.3 Å². The van der Waals surface area contributed by atoms with E-state index in [9.17, 15) is 9.59 Å². The number of nitrogens with one attached hydrogen (secondary N) is 2. The predicted molar refractivity (Wildman–Crippen MR) is 101 cm³/mol. The molecule has 3 rings (SSSR count). The summed E-state index contributed by atoms with van der Waals surface area (Å²) < 4.78 is 5.53. The molecule has 1 aromatic carbocycles. The molecule has 1 aliphatic rings. The van der Waals surface area contributed by atoms with Crippen molar-refractivity contribution >= 4 is 22.7 Å². The second kappa shape index (κ2) is 7.91. The molecular formula is C20H27N3O3. The Morgan fingerprint density at radius 1 is 1.35 bits per heavy atom. The molecule has 1 aliphatic heterocycles. The van der Waals surface area contributed by atoms with E-state index in [0.29, 0.717) is 26.1 Å². The van der Waals surface area contributed by atoms with Crippen molar-refractivity contribution in [2.24, 2.45) is 5.92 Å². The first kappa shape index (κ1) is 18.5. The molecule has 1 saturated heterocycles. The van der Waals surface area contributed by atoms with Crippen LogP contribution in [0.25, 0.3) is 10.9 Å². The third-order valence-corrected chi connectivity index (χ3v) is 4.79. The third kappa shape index (κ3) is 4.07. The lowest BCUT2D eigenvalue weighted by Crippen LogP contribution is -2.54. The Balaban J connectivity index is 1.82. The minimum absolute atomic E-state index is 0.0160. The molecule has 6 heteroatoms. The van der Waals surface area contributed by atoms with Crippen molar-refractivity contribution in [3.8, 4) is 0 Å². The summed E-state index contributed by atoms with van der Waals surface area (Å²) >= 11 is 0. The van der Waals surface area contributed by atoms with Crippen LogP contribution in [0.3, 0.4) is 0 Å². The summed E-state index contributed by atoms with van der Waals surface area (Å²) in [5.41, 5.74) is 2.06. The molecule has 0 spiro atoms. The molecule has 2 N–H and O–H groups in total. The molecule has 2 heterocycles. The maximum atomic E-state index is 13.1. The van der Waals surface area contributed by atoms with Crippen molar-refractivity contribution < 1.29 is 14.3 Å². The number of benzene rings is 1. The van der Waals surface area contributed by atoms with Gasteiger partial charge in [0.1, 0.15) is 6.04 Å².